The molecule has 1 unspecified atom stereocenters. The minimum Gasteiger partial charge on any atom is -0.444 e. The second-order valence-electron chi connectivity index (χ2n) is 9.97. The Balaban J connectivity index is 1.46. The number of pyridine rings is 1. The second-order valence-corrected chi connectivity index (χ2v) is 9.97. The molecule has 184 valence electrons. The van der Waals surface area contributed by atoms with Crippen LogP contribution in [-0.4, -0.2) is 58.6 Å². The van der Waals surface area contributed by atoms with Gasteiger partial charge in [-0.25, -0.2) is 4.79 Å². The van der Waals surface area contributed by atoms with E-state index in [9.17, 15) is 9.59 Å². The largest absolute Gasteiger partial charge is 0.444 e. The van der Waals surface area contributed by atoms with Gasteiger partial charge in [-0.3, -0.25) is 14.7 Å². The summed E-state index contributed by atoms with van der Waals surface area (Å²) in [6.45, 7) is 9.71. The second kappa shape index (κ2) is 12.5. The van der Waals surface area contributed by atoms with Gasteiger partial charge in [0.05, 0.1) is 12.5 Å². The Kier molecular flexibility index (Phi) is 9.45. The summed E-state index contributed by atoms with van der Waals surface area (Å²) in [5.74, 6) is 0.114. The first-order chi connectivity index (χ1) is 16.3. The van der Waals surface area contributed by atoms with Crippen molar-refractivity contribution < 1.29 is 14.3 Å². The molecule has 2 aromatic rings. The van der Waals surface area contributed by atoms with Crippen LogP contribution in [0.2, 0.25) is 0 Å². The topological polar surface area (TPSA) is 74.8 Å². The lowest BCUT2D eigenvalue weighted by molar-refractivity contribution is -0.126. The molecular formula is C27H38N4O3. The summed E-state index contributed by atoms with van der Waals surface area (Å²) in [6, 6.07) is 14.2. The summed E-state index contributed by atoms with van der Waals surface area (Å²) in [7, 11) is 0. The van der Waals surface area contributed by atoms with Crippen molar-refractivity contribution in [1.29, 1.82) is 0 Å². The van der Waals surface area contributed by atoms with Gasteiger partial charge in [-0.1, -0.05) is 36.4 Å². The zero-order valence-electron chi connectivity index (χ0n) is 20.7. The van der Waals surface area contributed by atoms with E-state index in [1.165, 1.54) is 5.56 Å². The van der Waals surface area contributed by atoms with Crippen LogP contribution in [0.25, 0.3) is 0 Å². The predicted octanol–water partition coefficient (Wildman–Crippen LogP) is 4.24. The number of nitrogens with zero attached hydrogens (tertiary/aromatic N) is 3. The molecule has 1 aromatic heterocycles. The molecule has 3 rings (SSSR count). The molecular weight excluding hydrogens is 428 g/mol. The van der Waals surface area contributed by atoms with E-state index in [2.05, 4.69) is 39.5 Å². The number of carbonyl (C=O) groups is 2. The van der Waals surface area contributed by atoms with Crippen LogP contribution in [0.5, 0.6) is 0 Å². The van der Waals surface area contributed by atoms with Crippen LogP contribution >= 0.6 is 0 Å². The molecule has 0 spiro atoms. The summed E-state index contributed by atoms with van der Waals surface area (Å²) in [5.41, 5.74) is 1.66. The molecule has 0 saturated carbocycles. The van der Waals surface area contributed by atoms with Crippen molar-refractivity contribution in [1.82, 2.24) is 20.1 Å². The van der Waals surface area contributed by atoms with E-state index < -0.39 is 5.60 Å². The van der Waals surface area contributed by atoms with Gasteiger partial charge in [-0.05, 0) is 63.8 Å². The third kappa shape index (κ3) is 8.78. The number of piperidine rings is 1. The smallest absolute Gasteiger partial charge is 0.410 e. The van der Waals surface area contributed by atoms with E-state index in [1.807, 2.05) is 39.0 Å². The number of hydrogen-bond donors (Lipinski definition) is 1. The molecule has 0 radical (unpaired) electrons. The van der Waals surface area contributed by atoms with Crippen molar-refractivity contribution in [2.75, 3.05) is 26.2 Å². The van der Waals surface area contributed by atoms with Gasteiger partial charge in [-0.2, -0.15) is 0 Å². The van der Waals surface area contributed by atoms with Gasteiger partial charge in [0.1, 0.15) is 5.60 Å². The van der Waals surface area contributed by atoms with Gasteiger partial charge < -0.3 is 15.0 Å². The van der Waals surface area contributed by atoms with Crippen LogP contribution < -0.4 is 5.32 Å². The third-order valence-corrected chi connectivity index (χ3v) is 5.78. The Labute approximate surface area is 203 Å². The highest BCUT2D eigenvalue weighted by atomic mass is 16.6. The van der Waals surface area contributed by atoms with Crippen molar-refractivity contribution >= 4 is 12.0 Å². The van der Waals surface area contributed by atoms with E-state index in [1.54, 1.807) is 17.3 Å². The average Bonchev–Trinajstić information content (AvgIpc) is 2.81. The maximum Gasteiger partial charge on any atom is 0.410 e. The van der Waals surface area contributed by atoms with Gasteiger partial charge in [0.2, 0.25) is 5.91 Å². The first kappa shape index (κ1) is 25.7. The van der Waals surface area contributed by atoms with Crippen LogP contribution in [0.3, 0.4) is 0 Å². The number of amides is 2. The van der Waals surface area contributed by atoms with Crippen LogP contribution in [0.4, 0.5) is 4.79 Å². The van der Waals surface area contributed by atoms with Crippen molar-refractivity contribution in [3.05, 3.63) is 66.0 Å². The molecule has 2 amide bonds. The van der Waals surface area contributed by atoms with Crippen molar-refractivity contribution in [2.45, 2.75) is 58.7 Å². The molecule has 7 nitrogen and oxygen atoms in total. The Bertz CT molecular complexity index is 899. The molecule has 1 saturated heterocycles. The molecule has 0 bridgehead atoms. The number of aromatic nitrogens is 1. The molecule has 0 aliphatic carbocycles. The molecule has 1 aliphatic heterocycles. The molecule has 2 heterocycles. The molecule has 1 aliphatic rings. The number of rotatable bonds is 9. The van der Waals surface area contributed by atoms with E-state index in [-0.39, 0.29) is 17.9 Å². The highest BCUT2D eigenvalue weighted by Gasteiger charge is 2.26. The van der Waals surface area contributed by atoms with E-state index in [0.29, 0.717) is 26.1 Å². The molecule has 1 fully saturated rings. The molecule has 1 aromatic carbocycles. The Hall–Kier alpha value is -2.93. The maximum absolute atomic E-state index is 12.8. The third-order valence-electron chi connectivity index (χ3n) is 5.78. The van der Waals surface area contributed by atoms with Crippen molar-refractivity contribution in [3.8, 4) is 0 Å². The number of ether oxygens (including phenoxy) is 1. The van der Waals surface area contributed by atoms with Gasteiger partial charge in [0.15, 0.2) is 0 Å². The number of likely N-dealkylation sites (tertiary alicyclic amines) is 1. The Morgan fingerprint density at radius 3 is 2.62 bits per heavy atom. The van der Waals surface area contributed by atoms with Gasteiger partial charge in [0, 0.05) is 38.6 Å². The van der Waals surface area contributed by atoms with Gasteiger partial charge in [0.25, 0.3) is 0 Å². The highest BCUT2D eigenvalue weighted by molar-refractivity contribution is 5.79. The fourth-order valence-corrected chi connectivity index (χ4v) is 4.15. The van der Waals surface area contributed by atoms with Crippen LogP contribution in [0.1, 0.15) is 51.2 Å². The first-order valence-corrected chi connectivity index (χ1v) is 12.2. The minimum absolute atomic E-state index is 0.00909. The van der Waals surface area contributed by atoms with E-state index in [0.717, 1.165) is 38.0 Å². The van der Waals surface area contributed by atoms with Crippen LogP contribution in [0.15, 0.2) is 54.9 Å². The summed E-state index contributed by atoms with van der Waals surface area (Å²) in [4.78, 5) is 33.7. The molecule has 1 atom stereocenters. The van der Waals surface area contributed by atoms with Crippen LogP contribution in [-0.2, 0) is 22.6 Å². The fourth-order valence-electron chi connectivity index (χ4n) is 4.15. The predicted molar refractivity (Wildman–Crippen MR) is 133 cm³/mol. The summed E-state index contributed by atoms with van der Waals surface area (Å²) in [5, 5.41) is 3.09. The normalized spacial score (nSPS) is 16.6. The molecule has 1 N–H and O–H groups in total. The van der Waals surface area contributed by atoms with Gasteiger partial charge >= 0.3 is 6.09 Å². The highest BCUT2D eigenvalue weighted by Crippen LogP contribution is 2.19. The lowest BCUT2D eigenvalue weighted by atomic mass is 9.96. The standard InChI is InChI=1S/C27H38N4O3/c1-27(2,3)34-26(33)31(20-23-12-7-14-28-18-23)17-9-15-29-25(32)24-13-8-16-30(21-24)19-22-10-5-4-6-11-22/h4-7,10-12,14,18,24H,8-9,13,15-17,19-21H2,1-3H3,(H,29,32). The minimum atomic E-state index is -0.564. The monoisotopic (exact) mass is 466 g/mol. The van der Waals surface area contributed by atoms with Crippen LogP contribution in [0, 0.1) is 5.92 Å². The quantitative estimate of drug-likeness (QED) is 0.560. The summed E-state index contributed by atoms with van der Waals surface area (Å²) in [6.07, 6.45) is 5.72. The molecule has 7 heteroatoms. The first-order valence-electron chi connectivity index (χ1n) is 12.2. The Morgan fingerprint density at radius 1 is 1.15 bits per heavy atom. The zero-order valence-corrected chi connectivity index (χ0v) is 20.7. The SMILES string of the molecule is CC(C)(C)OC(=O)N(CCCNC(=O)C1CCCN(Cc2ccccc2)C1)Cc1cccnc1. The fraction of sp³-hybridized carbons (Fsp3) is 0.519. The average molecular weight is 467 g/mol. The van der Waals surface area contributed by atoms with Crippen molar-refractivity contribution in [3.63, 3.8) is 0 Å². The number of benzene rings is 1. The number of hydrogen-bond acceptors (Lipinski definition) is 5. The summed E-state index contributed by atoms with van der Waals surface area (Å²) < 4.78 is 5.58. The number of nitrogens with one attached hydrogen (secondary N) is 1. The summed E-state index contributed by atoms with van der Waals surface area (Å²) >= 11 is 0. The van der Waals surface area contributed by atoms with Gasteiger partial charge in [-0.15, -0.1) is 0 Å². The van der Waals surface area contributed by atoms with E-state index in [4.69, 9.17) is 4.74 Å². The Morgan fingerprint density at radius 2 is 1.91 bits per heavy atom. The lowest BCUT2D eigenvalue weighted by Crippen LogP contribution is -2.43. The van der Waals surface area contributed by atoms with Crippen molar-refractivity contribution in [2.24, 2.45) is 5.92 Å². The lowest BCUT2D eigenvalue weighted by Gasteiger charge is -2.32. The molecule has 34 heavy (non-hydrogen) atoms. The zero-order chi connectivity index (χ0) is 24.4. The van der Waals surface area contributed by atoms with E-state index >= 15 is 0 Å². The number of carbonyl (C=O) groups excluding carboxylic acids is 2. The maximum atomic E-state index is 12.8.